The van der Waals surface area contributed by atoms with Crippen LogP contribution in [0.15, 0.2) is 18.2 Å². The number of carbonyl (C=O) groups is 1. The first-order chi connectivity index (χ1) is 10.8. The lowest BCUT2D eigenvalue weighted by Gasteiger charge is -2.25. The highest BCUT2D eigenvalue weighted by atomic mass is 35.5. The van der Waals surface area contributed by atoms with E-state index in [1.165, 1.54) is 10.6 Å². The van der Waals surface area contributed by atoms with Crippen LogP contribution in [-0.4, -0.2) is 45.1 Å². The van der Waals surface area contributed by atoms with Crippen LogP contribution in [0.1, 0.15) is 31.2 Å². The molecule has 1 aliphatic rings. The molecule has 5 nitrogen and oxygen atoms in total. The molecule has 0 aliphatic carbocycles. The van der Waals surface area contributed by atoms with Gasteiger partial charge in [-0.15, -0.1) is 0 Å². The zero-order chi connectivity index (χ0) is 17.0. The molecule has 0 unspecified atom stereocenters. The SMILES string of the molecule is Cc1c(Cl)cccc1N(CCCC(=O)N1CCCC1)S(C)(=O)=O. The summed E-state index contributed by atoms with van der Waals surface area (Å²) in [6, 6.07) is 5.21. The zero-order valence-corrected chi connectivity index (χ0v) is 15.2. The van der Waals surface area contributed by atoms with Crippen LogP contribution in [0.4, 0.5) is 5.69 Å². The molecule has 0 N–H and O–H groups in total. The van der Waals surface area contributed by atoms with Gasteiger partial charge in [-0.3, -0.25) is 9.10 Å². The molecule has 1 aromatic carbocycles. The number of halogens is 1. The summed E-state index contributed by atoms with van der Waals surface area (Å²) in [5.41, 5.74) is 1.30. The van der Waals surface area contributed by atoms with Crippen molar-refractivity contribution in [1.82, 2.24) is 4.90 Å². The predicted octanol–water partition coefficient (Wildman–Crippen LogP) is 2.82. The zero-order valence-electron chi connectivity index (χ0n) is 13.6. The van der Waals surface area contributed by atoms with Gasteiger partial charge in [0.15, 0.2) is 0 Å². The fourth-order valence-corrected chi connectivity index (χ4v) is 4.02. The summed E-state index contributed by atoms with van der Waals surface area (Å²) >= 11 is 6.10. The molecule has 7 heteroatoms. The maximum atomic E-state index is 12.1. The third-order valence-corrected chi connectivity index (χ3v) is 5.71. The molecule has 23 heavy (non-hydrogen) atoms. The van der Waals surface area contributed by atoms with E-state index in [0.29, 0.717) is 23.6 Å². The maximum absolute atomic E-state index is 12.1. The Morgan fingerprint density at radius 3 is 2.57 bits per heavy atom. The standard InChI is InChI=1S/C16H23ClN2O3S/c1-13-14(17)7-5-8-15(13)19(23(2,21)22)12-6-9-16(20)18-10-3-4-11-18/h5,7-8H,3-4,6,9-12H2,1-2H3. The molecule has 0 atom stereocenters. The first-order valence-corrected chi connectivity index (χ1v) is 10.0. The predicted molar refractivity (Wildman–Crippen MR) is 93.4 cm³/mol. The second-order valence-corrected chi connectivity index (χ2v) is 8.22. The molecule has 1 aromatic rings. The quantitative estimate of drug-likeness (QED) is 0.785. The van der Waals surface area contributed by atoms with Crippen molar-refractivity contribution in [1.29, 1.82) is 0 Å². The van der Waals surface area contributed by atoms with E-state index in [1.807, 2.05) is 4.90 Å². The number of benzene rings is 1. The van der Waals surface area contributed by atoms with Gasteiger partial charge in [0.05, 0.1) is 11.9 Å². The van der Waals surface area contributed by atoms with Gasteiger partial charge in [0.1, 0.15) is 0 Å². The van der Waals surface area contributed by atoms with Gasteiger partial charge < -0.3 is 4.90 Å². The summed E-state index contributed by atoms with van der Waals surface area (Å²) in [4.78, 5) is 13.9. The van der Waals surface area contributed by atoms with E-state index in [9.17, 15) is 13.2 Å². The monoisotopic (exact) mass is 358 g/mol. The van der Waals surface area contributed by atoms with Crippen molar-refractivity contribution in [3.8, 4) is 0 Å². The number of anilines is 1. The van der Waals surface area contributed by atoms with Gasteiger partial charge in [-0.25, -0.2) is 8.42 Å². The molecule has 0 radical (unpaired) electrons. The van der Waals surface area contributed by atoms with Crippen LogP contribution in [0.3, 0.4) is 0 Å². The number of hydrogen-bond donors (Lipinski definition) is 0. The van der Waals surface area contributed by atoms with E-state index in [4.69, 9.17) is 11.6 Å². The van der Waals surface area contributed by atoms with Crippen LogP contribution < -0.4 is 4.31 Å². The Kier molecular flexibility index (Phi) is 5.92. The average Bonchev–Trinajstić information content (AvgIpc) is 3.00. The molecule has 0 spiro atoms. The highest BCUT2D eigenvalue weighted by Gasteiger charge is 2.22. The van der Waals surface area contributed by atoms with E-state index in [-0.39, 0.29) is 12.5 Å². The van der Waals surface area contributed by atoms with Crippen molar-refractivity contribution in [2.45, 2.75) is 32.6 Å². The van der Waals surface area contributed by atoms with E-state index < -0.39 is 10.0 Å². The van der Waals surface area contributed by atoms with Crippen molar-refractivity contribution in [2.75, 3.05) is 30.2 Å². The van der Waals surface area contributed by atoms with Crippen LogP contribution in [0.2, 0.25) is 5.02 Å². The molecule has 1 saturated heterocycles. The molecular weight excluding hydrogens is 336 g/mol. The minimum absolute atomic E-state index is 0.110. The highest BCUT2D eigenvalue weighted by Crippen LogP contribution is 2.28. The molecule has 0 aromatic heterocycles. The van der Waals surface area contributed by atoms with Gasteiger partial charge >= 0.3 is 0 Å². The number of hydrogen-bond acceptors (Lipinski definition) is 3. The van der Waals surface area contributed by atoms with E-state index in [1.54, 1.807) is 25.1 Å². The summed E-state index contributed by atoms with van der Waals surface area (Å²) < 4.78 is 25.6. The molecule has 1 aliphatic heterocycles. The van der Waals surface area contributed by atoms with Gasteiger partial charge in [0, 0.05) is 31.1 Å². The van der Waals surface area contributed by atoms with Crippen molar-refractivity contribution in [2.24, 2.45) is 0 Å². The Hall–Kier alpha value is -1.27. The molecule has 128 valence electrons. The largest absolute Gasteiger partial charge is 0.343 e. The van der Waals surface area contributed by atoms with Crippen LogP contribution in [0.5, 0.6) is 0 Å². The van der Waals surface area contributed by atoms with Crippen molar-refractivity contribution in [3.63, 3.8) is 0 Å². The first-order valence-electron chi connectivity index (χ1n) is 7.81. The number of carbonyl (C=O) groups excluding carboxylic acids is 1. The van der Waals surface area contributed by atoms with E-state index in [2.05, 4.69) is 0 Å². The first kappa shape index (κ1) is 18.1. The lowest BCUT2D eigenvalue weighted by atomic mass is 10.2. The van der Waals surface area contributed by atoms with Gasteiger partial charge in [0.2, 0.25) is 15.9 Å². The highest BCUT2D eigenvalue weighted by molar-refractivity contribution is 7.92. The molecule has 2 rings (SSSR count). The molecule has 1 heterocycles. The summed E-state index contributed by atoms with van der Waals surface area (Å²) in [7, 11) is -3.42. The van der Waals surface area contributed by atoms with Gasteiger partial charge in [0.25, 0.3) is 0 Å². The van der Waals surface area contributed by atoms with Crippen LogP contribution in [0, 0.1) is 6.92 Å². The fourth-order valence-electron chi connectivity index (χ4n) is 2.83. The number of nitrogens with zero attached hydrogens (tertiary/aromatic N) is 2. The Labute approximate surface area is 143 Å². The molecule has 1 amide bonds. The normalized spacial score (nSPS) is 15.0. The van der Waals surface area contributed by atoms with Crippen molar-refractivity contribution in [3.05, 3.63) is 28.8 Å². The third-order valence-electron chi connectivity index (χ3n) is 4.12. The van der Waals surface area contributed by atoms with Gasteiger partial charge in [-0.2, -0.15) is 0 Å². The molecular formula is C16H23ClN2O3S. The molecule has 0 saturated carbocycles. The second-order valence-electron chi connectivity index (χ2n) is 5.91. The average molecular weight is 359 g/mol. The third kappa shape index (κ3) is 4.61. The minimum Gasteiger partial charge on any atom is -0.343 e. The summed E-state index contributed by atoms with van der Waals surface area (Å²) in [5.74, 6) is 0.110. The Balaban J connectivity index is 2.05. The van der Waals surface area contributed by atoms with Gasteiger partial charge in [-0.05, 0) is 43.9 Å². The lowest BCUT2D eigenvalue weighted by molar-refractivity contribution is -0.130. The van der Waals surface area contributed by atoms with Crippen LogP contribution in [-0.2, 0) is 14.8 Å². The fraction of sp³-hybridized carbons (Fsp3) is 0.562. The lowest BCUT2D eigenvalue weighted by Crippen LogP contribution is -2.33. The summed E-state index contributed by atoms with van der Waals surface area (Å²) in [6.07, 6.45) is 4.15. The Morgan fingerprint density at radius 1 is 1.30 bits per heavy atom. The number of likely N-dealkylation sites (tertiary alicyclic amines) is 1. The maximum Gasteiger partial charge on any atom is 0.232 e. The summed E-state index contributed by atoms with van der Waals surface area (Å²) in [5, 5.41) is 0.532. The second kappa shape index (κ2) is 7.53. The minimum atomic E-state index is -3.42. The van der Waals surface area contributed by atoms with Crippen molar-refractivity contribution >= 4 is 33.2 Å². The summed E-state index contributed by atoms with van der Waals surface area (Å²) in [6.45, 7) is 3.72. The topological polar surface area (TPSA) is 57.7 Å². The number of rotatable bonds is 6. The number of amides is 1. The van der Waals surface area contributed by atoms with E-state index >= 15 is 0 Å². The molecule has 0 bridgehead atoms. The van der Waals surface area contributed by atoms with E-state index in [0.717, 1.165) is 31.5 Å². The molecule has 1 fully saturated rings. The smallest absolute Gasteiger partial charge is 0.232 e. The van der Waals surface area contributed by atoms with Crippen LogP contribution in [0.25, 0.3) is 0 Å². The number of sulfonamides is 1. The Morgan fingerprint density at radius 2 is 1.96 bits per heavy atom. The van der Waals surface area contributed by atoms with Gasteiger partial charge in [-0.1, -0.05) is 17.7 Å². The Bertz CT molecular complexity index is 670. The van der Waals surface area contributed by atoms with Crippen molar-refractivity contribution < 1.29 is 13.2 Å². The van der Waals surface area contributed by atoms with Crippen LogP contribution >= 0.6 is 11.6 Å².